The van der Waals surface area contributed by atoms with Crippen LogP contribution in [0.15, 0.2) is 48.5 Å². The number of rotatable bonds is 3. The maximum Gasteiger partial charge on any atom is 0.341 e. The third kappa shape index (κ3) is 2.73. The van der Waals surface area contributed by atoms with Crippen LogP contribution in [-0.4, -0.2) is 17.7 Å². The van der Waals surface area contributed by atoms with E-state index in [1.54, 1.807) is 13.0 Å². The zero-order chi connectivity index (χ0) is 17.3. The fraction of sp³-hybridized carbons (Fsp3) is 0.190. The van der Waals surface area contributed by atoms with Crippen molar-refractivity contribution < 1.29 is 14.6 Å². The number of ether oxygens (including phenoxy) is 1. The van der Waals surface area contributed by atoms with Gasteiger partial charge in [-0.05, 0) is 55.0 Å². The number of carbonyl (C=O) groups is 1. The van der Waals surface area contributed by atoms with Crippen LogP contribution in [0.1, 0.15) is 28.4 Å². The summed E-state index contributed by atoms with van der Waals surface area (Å²) in [4.78, 5) is 12.3. The molecule has 3 nitrogen and oxygen atoms in total. The summed E-state index contributed by atoms with van der Waals surface area (Å²) in [5.41, 5.74) is 4.22. The van der Waals surface area contributed by atoms with E-state index in [4.69, 9.17) is 4.74 Å². The molecule has 0 aliphatic carbocycles. The van der Waals surface area contributed by atoms with Gasteiger partial charge in [-0.1, -0.05) is 42.0 Å². The van der Waals surface area contributed by atoms with Crippen LogP contribution in [0.4, 0.5) is 0 Å². The molecule has 0 saturated heterocycles. The van der Waals surface area contributed by atoms with E-state index in [0.29, 0.717) is 5.39 Å². The second-order valence-electron chi connectivity index (χ2n) is 5.91. The predicted molar refractivity (Wildman–Crippen MR) is 96.5 cm³/mol. The minimum atomic E-state index is -0.506. The van der Waals surface area contributed by atoms with Crippen molar-refractivity contribution in [1.29, 1.82) is 0 Å². The number of carbonyl (C=O) groups excluding carboxylic acids is 1. The van der Waals surface area contributed by atoms with Crippen LogP contribution in [0.25, 0.3) is 21.9 Å². The summed E-state index contributed by atoms with van der Waals surface area (Å²) in [7, 11) is 0. The highest BCUT2D eigenvalue weighted by molar-refractivity contribution is 6.09. The number of hydrogen-bond donors (Lipinski definition) is 1. The quantitative estimate of drug-likeness (QED) is 0.690. The number of phenolic OH excluding ortho intramolecular Hbond substituents is 1. The highest BCUT2D eigenvalue weighted by Gasteiger charge is 2.20. The Morgan fingerprint density at radius 3 is 2.46 bits per heavy atom. The molecule has 0 fully saturated rings. The van der Waals surface area contributed by atoms with Crippen molar-refractivity contribution >= 4 is 16.7 Å². The van der Waals surface area contributed by atoms with Crippen molar-refractivity contribution in [1.82, 2.24) is 0 Å². The molecule has 0 aromatic heterocycles. The maximum absolute atomic E-state index is 12.3. The molecule has 122 valence electrons. The molecule has 0 heterocycles. The van der Waals surface area contributed by atoms with Gasteiger partial charge in [0.25, 0.3) is 0 Å². The van der Waals surface area contributed by atoms with Crippen molar-refractivity contribution in [2.75, 3.05) is 6.61 Å². The zero-order valence-corrected chi connectivity index (χ0v) is 14.1. The molecule has 0 amide bonds. The molecule has 3 rings (SSSR count). The van der Waals surface area contributed by atoms with Gasteiger partial charge in [-0.25, -0.2) is 4.79 Å². The number of aryl methyl sites for hydroxylation is 2. The highest BCUT2D eigenvalue weighted by Crippen LogP contribution is 2.39. The second-order valence-corrected chi connectivity index (χ2v) is 5.91. The molecule has 0 radical (unpaired) electrons. The minimum Gasteiger partial charge on any atom is -0.506 e. The van der Waals surface area contributed by atoms with Gasteiger partial charge in [0.2, 0.25) is 0 Å². The van der Waals surface area contributed by atoms with Crippen LogP contribution in [0, 0.1) is 13.8 Å². The fourth-order valence-electron chi connectivity index (χ4n) is 3.15. The van der Waals surface area contributed by atoms with Crippen molar-refractivity contribution in [3.63, 3.8) is 0 Å². The maximum atomic E-state index is 12.3. The fourth-order valence-corrected chi connectivity index (χ4v) is 3.15. The van der Waals surface area contributed by atoms with Gasteiger partial charge in [0.05, 0.1) is 6.61 Å². The molecule has 3 aromatic carbocycles. The van der Waals surface area contributed by atoms with Gasteiger partial charge in [-0.3, -0.25) is 0 Å². The molecule has 1 N–H and O–H groups in total. The molecule has 0 unspecified atom stereocenters. The van der Waals surface area contributed by atoms with E-state index in [2.05, 4.69) is 6.07 Å². The first-order valence-electron chi connectivity index (χ1n) is 8.02. The van der Waals surface area contributed by atoms with Gasteiger partial charge < -0.3 is 9.84 Å². The van der Waals surface area contributed by atoms with Crippen LogP contribution >= 0.6 is 0 Å². The molecule has 3 heteroatoms. The molecule has 0 bridgehead atoms. The zero-order valence-electron chi connectivity index (χ0n) is 14.1. The second kappa shape index (κ2) is 6.36. The van der Waals surface area contributed by atoms with Gasteiger partial charge in [-0.2, -0.15) is 0 Å². The van der Waals surface area contributed by atoms with E-state index in [9.17, 15) is 9.90 Å². The van der Waals surface area contributed by atoms with Gasteiger partial charge in [0.1, 0.15) is 11.3 Å². The highest BCUT2D eigenvalue weighted by atomic mass is 16.5. The Morgan fingerprint density at radius 1 is 1.08 bits per heavy atom. The first-order chi connectivity index (χ1) is 11.5. The van der Waals surface area contributed by atoms with E-state index >= 15 is 0 Å². The van der Waals surface area contributed by atoms with Crippen molar-refractivity contribution in [2.24, 2.45) is 0 Å². The number of fused-ring (bicyclic) bond motifs is 1. The first-order valence-corrected chi connectivity index (χ1v) is 8.02. The normalized spacial score (nSPS) is 10.8. The molecular weight excluding hydrogens is 300 g/mol. The number of esters is 1. The summed E-state index contributed by atoms with van der Waals surface area (Å²) >= 11 is 0. The van der Waals surface area contributed by atoms with Gasteiger partial charge in [0, 0.05) is 5.39 Å². The SMILES string of the molecule is CCOC(=O)c1cc(-c2ccccc2)c2c(C)cc(C)cc2c1O. The molecule has 0 spiro atoms. The largest absolute Gasteiger partial charge is 0.506 e. The average Bonchev–Trinajstić information content (AvgIpc) is 2.56. The van der Waals surface area contributed by atoms with Crippen LogP contribution < -0.4 is 0 Å². The van der Waals surface area contributed by atoms with Crippen LogP contribution in [0.5, 0.6) is 5.75 Å². The van der Waals surface area contributed by atoms with Gasteiger partial charge in [-0.15, -0.1) is 0 Å². The lowest BCUT2D eigenvalue weighted by Gasteiger charge is -2.15. The van der Waals surface area contributed by atoms with Gasteiger partial charge in [0.15, 0.2) is 0 Å². The Balaban J connectivity index is 2.41. The van der Waals surface area contributed by atoms with E-state index < -0.39 is 5.97 Å². The molecule has 3 aromatic rings. The van der Waals surface area contributed by atoms with Crippen LogP contribution in [0.2, 0.25) is 0 Å². The standard InChI is InChI=1S/C21H20O3/c1-4-24-21(23)18-12-16(15-8-6-5-7-9-15)19-14(3)10-13(2)11-17(19)20(18)22/h5-12,22H,4H2,1-3H3. The molecule has 0 atom stereocenters. The van der Waals surface area contributed by atoms with Gasteiger partial charge >= 0.3 is 5.97 Å². The van der Waals surface area contributed by atoms with Crippen molar-refractivity contribution in [2.45, 2.75) is 20.8 Å². The van der Waals surface area contributed by atoms with E-state index in [-0.39, 0.29) is 17.9 Å². The monoisotopic (exact) mass is 320 g/mol. The van der Waals surface area contributed by atoms with Crippen molar-refractivity contribution in [3.05, 3.63) is 65.2 Å². The molecule has 0 aliphatic rings. The smallest absolute Gasteiger partial charge is 0.341 e. The molecule has 0 saturated carbocycles. The summed E-state index contributed by atoms with van der Waals surface area (Å²) < 4.78 is 5.11. The van der Waals surface area contributed by atoms with E-state index in [1.807, 2.05) is 50.2 Å². The Hall–Kier alpha value is -2.81. The Bertz CT molecular complexity index is 912. The molecule has 0 aliphatic heterocycles. The summed E-state index contributed by atoms with van der Waals surface area (Å²) in [5.74, 6) is -0.525. The van der Waals surface area contributed by atoms with Crippen LogP contribution in [0.3, 0.4) is 0 Å². The molecular formula is C21H20O3. The Labute approximate surface area is 141 Å². The predicted octanol–water partition coefficient (Wildman–Crippen LogP) is 5.01. The lowest BCUT2D eigenvalue weighted by atomic mass is 9.91. The summed E-state index contributed by atoms with van der Waals surface area (Å²) in [6, 6.07) is 15.6. The average molecular weight is 320 g/mol. The van der Waals surface area contributed by atoms with Crippen molar-refractivity contribution in [3.8, 4) is 16.9 Å². The third-order valence-electron chi connectivity index (χ3n) is 4.13. The Morgan fingerprint density at radius 2 is 1.79 bits per heavy atom. The first kappa shape index (κ1) is 16.1. The minimum absolute atomic E-state index is 0.0186. The number of aromatic hydroxyl groups is 1. The molecule has 24 heavy (non-hydrogen) atoms. The van der Waals surface area contributed by atoms with Crippen LogP contribution in [-0.2, 0) is 4.74 Å². The summed E-state index contributed by atoms with van der Waals surface area (Å²) in [6.07, 6.45) is 0. The lowest BCUT2D eigenvalue weighted by molar-refractivity contribution is 0.0523. The number of phenols is 1. The van der Waals surface area contributed by atoms with E-state index in [1.165, 1.54) is 0 Å². The Kier molecular flexibility index (Phi) is 4.26. The summed E-state index contributed by atoms with van der Waals surface area (Å²) in [6.45, 7) is 6.02. The topological polar surface area (TPSA) is 46.5 Å². The lowest BCUT2D eigenvalue weighted by Crippen LogP contribution is -2.06. The number of hydrogen-bond acceptors (Lipinski definition) is 3. The summed E-state index contributed by atoms with van der Waals surface area (Å²) in [5, 5.41) is 12.3. The number of benzene rings is 3. The third-order valence-corrected chi connectivity index (χ3v) is 4.13. The van der Waals surface area contributed by atoms with E-state index in [0.717, 1.165) is 27.6 Å².